The molecule has 140 valence electrons. The van der Waals surface area contributed by atoms with E-state index in [1.807, 2.05) is 29.2 Å². The van der Waals surface area contributed by atoms with Crippen LogP contribution in [-0.2, 0) is 11.3 Å². The van der Waals surface area contributed by atoms with Crippen molar-refractivity contribution in [3.63, 3.8) is 0 Å². The van der Waals surface area contributed by atoms with E-state index < -0.39 is 0 Å². The first-order valence-corrected chi connectivity index (χ1v) is 10.2. The van der Waals surface area contributed by atoms with E-state index in [9.17, 15) is 4.79 Å². The standard InChI is InChI=1S/C20H27N3O2S/c1-3-4-5-19(24)23-12-10-22(11-13-23)14-17-15-26-20(21-17)16-6-8-18(25-2)9-7-16/h6-9,15H,3-5,10-14H2,1-2H3. The Labute approximate surface area is 159 Å². The van der Waals surface area contributed by atoms with Gasteiger partial charge in [-0.3, -0.25) is 9.69 Å². The fraction of sp³-hybridized carbons (Fsp3) is 0.500. The summed E-state index contributed by atoms with van der Waals surface area (Å²) in [6.07, 6.45) is 2.76. The van der Waals surface area contributed by atoms with Crippen LogP contribution in [0.1, 0.15) is 31.9 Å². The molecular formula is C20H27N3O2S. The number of methoxy groups -OCH3 is 1. The number of amides is 1. The lowest BCUT2D eigenvalue weighted by Crippen LogP contribution is -2.48. The monoisotopic (exact) mass is 373 g/mol. The molecule has 0 unspecified atom stereocenters. The molecule has 0 aliphatic carbocycles. The van der Waals surface area contributed by atoms with E-state index in [1.165, 1.54) is 0 Å². The van der Waals surface area contributed by atoms with Gasteiger partial charge in [0, 0.05) is 50.1 Å². The highest BCUT2D eigenvalue weighted by Crippen LogP contribution is 2.26. The van der Waals surface area contributed by atoms with Crippen molar-refractivity contribution >= 4 is 17.2 Å². The third-order valence-corrected chi connectivity index (χ3v) is 5.68. The van der Waals surface area contributed by atoms with Crippen LogP contribution in [0, 0.1) is 0 Å². The summed E-state index contributed by atoms with van der Waals surface area (Å²) in [7, 11) is 1.67. The van der Waals surface area contributed by atoms with Gasteiger partial charge in [-0.15, -0.1) is 11.3 Å². The average Bonchev–Trinajstić information content (AvgIpc) is 3.15. The van der Waals surface area contributed by atoms with E-state index in [0.717, 1.165) is 67.6 Å². The Morgan fingerprint density at radius 2 is 1.92 bits per heavy atom. The molecule has 0 N–H and O–H groups in total. The first-order chi connectivity index (χ1) is 12.7. The van der Waals surface area contributed by atoms with E-state index in [2.05, 4.69) is 17.2 Å². The van der Waals surface area contributed by atoms with Crippen molar-refractivity contribution in [3.05, 3.63) is 35.3 Å². The summed E-state index contributed by atoms with van der Waals surface area (Å²) in [5.41, 5.74) is 2.22. The molecule has 26 heavy (non-hydrogen) atoms. The van der Waals surface area contributed by atoms with Gasteiger partial charge in [-0.2, -0.15) is 0 Å². The lowest BCUT2D eigenvalue weighted by Gasteiger charge is -2.34. The zero-order valence-electron chi connectivity index (χ0n) is 15.6. The summed E-state index contributed by atoms with van der Waals surface area (Å²) >= 11 is 1.68. The topological polar surface area (TPSA) is 45.7 Å². The van der Waals surface area contributed by atoms with E-state index in [4.69, 9.17) is 9.72 Å². The molecular weight excluding hydrogens is 346 g/mol. The van der Waals surface area contributed by atoms with Gasteiger partial charge in [0.2, 0.25) is 5.91 Å². The van der Waals surface area contributed by atoms with Gasteiger partial charge >= 0.3 is 0 Å². The highest BCUT2D eigenvalue weighted by atomic mass is 32.1. The maximum absolute atomic E-state index is 12.1. The van der Waals surface area contributed by atoms with Crippen molar-refractivity contribution < 1.29 is 9.53 Å². The smallest absolute Gasteiger partial charge is 0.222 e. The van der Waals surface area contributed by atoms with Crippen LogP contribution >= 0.6 is 11.3 Å². The van der Waals surface area contributed by atoms with Crippen LogP contribution < -0.4 is 4.74 Å². The Morgan fingerprint density at radius 3 is 2.58 bits per heavy atom. The molecule has 1 fully saturated rings. The molecule has 1 amide bonds. The minimum absolute atomic E-state index is 0.307. The number of thiazole rings is 1. The third-order valence-electron chi connectivity index (χ3n) is 4.74. The number of piperazine rings is 1. The molecule has 0 atom stereocenters. The van der Waals surface area contributed by atoms with Crippen LogP contribution in [0.15, 0.2) is 29.6 Å². The maximum Gasteiger partial charge on any atom is 0.222 e. The Morgan fingerprint density at radius 1 is 1.19 bits per heavy atom. The molecule has 1 aromatic heterocycles. The molecule has 1 saturated heterocycles. The highest BCUT2D eigenvalue weighted by Gasteiger charge is 2.21. The number of benzene rings is 1. The van der Waals surface area contributed by atoms with Gasteiger partial charge in [0.1, 0.15) is 10.8 Å². The minimum atomic E-state index is 0.307. The van der Waals surface area contributed by atoms with Gasteiger partial charge in [-0.25, -0.2) is 4.98 Å². The van der Waals surface area contributed by atoms with Crippen molar-refractivity contribution in [2.24, 2.45) is 0 Å². The molecule has 6 heteroatoms. The van der Waals surface area contributed by atoms with Crippen molar-refractivity contribution in [1.82, 2.24) is 14.8 Å². The van der Waals surface area contributed by atoms with Gasteiger partial charge in [0.25, 0.3) is 0 Å². The largest absolute Gasteiger partial charge is 0.497 e. The quantitative estimate of drug-likeness (QED) is 0.743. The summed E-state index contributed by atoms with van der Waals surface area (Å²) in [4.78, 5) is 21.3. The van der Waals surface area contributed by atoms with Gasteiger partial charge in [0.15, 0.2) is 0 Å². The number of aromatic nitrogens is 1. The zero-order valence-corrected chi connectivity index (χ0v) is 16.4. The van der Waals surface area contributed by atoms with Crippen molar-refractivity contribution in [3.8, 4) is 16.3 Å². The van der Waals surface area contributed by atoms with Crippen molar-refractivity contribution in [1.29, 1.82) is 0 Å². The average molecular weight is 374 g/mol. The molecule has 0 spiro atoms. The number of unbranched alkanes of at least 4 members (excludes halogenated alkanes) is 1. The summed E-state index contributed by atoms with van der Waals surface area (Å²) in [6.45, 7) is 6.49. The number of rotatable bonds is 7. The SMILES string of the molecule is CCCCC(=O)N1CCN(Cc2csc(-c3ccc(OC)cc3)n2)CC1. The van der Waals surface area contributed by atoms with Crippen molar-refractivity contribution in [2.45, 2.75) is 32.7 Å². The lowest BCUT2D eigenvalue weighted by atomic mass is 10.2. The normalized spacial score (nSPS) is 15.2. The molecule has 5 nitrogen and oxygen atoms in total. The van der Waals surface area contributed by atoms with Gasteiger partial charge in [-0.1, -0.05) is 13.3 Å². The Bertz CT molecular complexity index is 706. The Kier molecular flexibility index (Phi) is 6.63. The second-order valence-electron chi connectivity index (χ2n) is 6.63. The number of carbonyl (C=O) groups excluding carboxylic acids is 1. The fourth-order valence-electron chi connectivity index (χ4n) is 3.12. The number of hydrogen-bond acceptors (Lipinski definition) is 5. The molecule has 3 rings (SSSR count). The number of ether oxygens (including phenoxy) is 1. The Hall–Kier alpha value is -1.92. The fourth-order valence-corrected chi connectivity index (χ4v) is 3.93. The van der Waals surface area contributed by atoms with Crippen LogP contribution in [-0.4, -0.2) is 54.0 Å². The summed E-state index contributed by atoms with van der Waals surface area (Å²) in [6, 6.07) is 8.01. The van der Waals surface area contributed by atoms with E-state index in [-0.39, 0.29) is 0 Å². The second kappa shape index (κ2) is 9.14. The van der Waals surface area contributed by atoms with Crippen LogP contribution in [0.4, 0.5) is 0 Å². The summed E-state index contributed by atoms with van der Waals surface area (Å²) < 4.78 is 5.21. The van der Waals surface area contributed by atoms with E-state index in [0.29, 0.717) is 12.3 Å². The van der Waals surface area contributed by atoms with Crippen LogP contribution in [0.5, 0.6) is 5.75 Å². The third kappa shape index (κ3) is 4.83. The first-order valence-electron chi connectivity index (χ1n) is 9.28. The predicted octanol–water partition coefficient (Wildman–Crippen LogP) is 3.65. The van der Waals surface area contributed by atoms with Gasteiger partial charge < -0.3 is 9.64 Å². The Balaban J connectivity index is 1.51. The number of hydrogen-bond donors (Lipinski definition) is 0. The molecule has 0 radical (unpaired) electrons. The first kappa shape index (κ1) is 18.9. The maximum atomic E-state index is 12.1. The van der Waals surface area contributed by atoms with Gasteiger partial charge in [-0.05, 0) is 30.7 Å². The molecule has 1 aromatic carbocycles. The molecule has 0 bridgehead atoms. The molecule has 0 saturated carbocycles. The van der Waals surface area contributed by atoms with Crippen LogP contribution in [0.2, 0.25) is 0 Å². The molecule has 2 aromatic rings. The van der Waals surface area contributed by atoms with Crippen LogP contribution in [0.25, 0.3) is 10.6 Å². The lowest BCUT2D eigenvalue weighted by molar-refractivity contribution is -0.133. The van der Waals surface area contributed by atoms with E-state index in [1.54, 1.807) is 18.4 Å². The number of nitrogens with zero attached hydrogens (tertiary/aromatic N) is 3. The molecule has 2 heterocycles. The molecule has 1 aliphatic heterocycles. The zero-order chi connectivity index (χ0) is 18.4. The van der Waals surface area contributed by atoms with Crippen molar-refractivity contribution in [2.75, 3.05) is 33.3 Å². The molecule has 1 aliphatic rings. The minimum Gasteiger partial charge on any atom is -0.497 e. The predicted molar refractivity (Wildman–Crippen MR) is 105 cm³/mol. The summed E-state index contributed by atoms with van der Waals surface area (Å²) in [5, 5.41) is 3.18. The van der Waals surface area contributed by atoms with E-state index >= 15 is 0 Å². The highest BCUT2D eigenvalue weighted by molar-refractivity contribution is 7.13. The summed E-state index contributed by atoms with van der Waals surface area (Å²) in [5.74, 6) is 1.17. The number of carbonyl (C=O) groups is 1. The van der Waals surface area contributed by atoms with Crippen LogP contribution in [0.3, 0.4) is 0 Å². The van der Waals surface area contributed by atoms with Gasteiger partial charge in [0.05, 0.1) is 12.8 Å². The second-order valence-corrected chi connectivity index (χ2v) is 7.49.